The maximum Gasteiger partial charge on any atom is 0.341 e. The first kappa shape index (κ1) is 14.6. The third-order valence-electron chi connectivity index (χ3n) is 4.55. The molecule has 0 bridgehead atoms. The van der Waals surface area contributed by atoms with Gasteiger partial charge in [0.1, 0.15) is 5.00 Å². The molecule has 114 valence electrons. The van der Waals surface area contributed by atoms with Crippen LogP contribution in [-0.4, -0.2) is 18.5 Å². The molecular weight excluding hydrogens is 286 g/mol. The fourth-order valence-corrected chi connectivity index (χ4v) is 4.45. The summed E-state index contributed by atoms with van der Waals surface area (Å²) in [5.41, 5.74) is 0.483. The Kier molecular flexibility index (Phi) is 4.02. The molecule has 2 aliphatic carbocycles. The number of anilines is 1. The minimum Gasteiger partial charge on any atom is -0.462 e. The molecule has 3 rings (SSSR count). The van der Waals surface area contributed by atoms with Gasteiger partial charge in [-0.05, 0) is 44.6 Å². The summed E-state index contributed by atoms with van der Waals surface area (Å²) in [6.45, 7) is 4.05. The van der Waals surface area contributed by atoms with Crippen LogP contribution in [0.5, 0.6) is 0 Å². The number of rotatable bonds is 4. The first-order valence-electron chi connectivity index (χ1n) is 7.70. The number of hydrogen-bond acceptors (Lipinski definition) is 4. The Hall–Kier alpha value is -1.36. The molecule has 1 heterocycles. The molecule has 21 heavy (non-hydrogen) atoms. The van der Waals surface area contributed by atoms with Gasteiger partial charge in [0.25, 0.3) is 0 Å². The lowest BCUT2D eigenvalue weighted by atomic mass is 10.0. The molecule has 0 aliphatic heterocycles. The van der Waals surface area contributed by atoms with Crippen LogP contribution >= 0.6 is 11.3 Å². The topological polar surface area (TPSA) is 55.4 Å². The molecule has 2 fully saturated rings. The van der Waals surface area contributed by atoms with Gasteiger partial charge >= 0.3 is 5.97 Å². The zero-order valence-electron chi connectivity index (χ0n) is 12.5. The van der Waals surface area contributed by atoms with Crippen LogP contribution in [-0.2, 0) is 9.53 Å². The molecule has 0 saturated heterocycles. The van der Waals surface area contributed by atoms with Gasteiger partial charge in [-0.2, -0.15) is 0 Å². The molecule has 1 amide bonds. The summed E-state index contributed by atoms with van der Waals surface area (Å²) >= 11 is 1.44. The molecule has 0 spiro atoms. The van der Waals surface area contributed by atoms with E-state index in [-0.39, 0.29) is 17.8 Å². The monoisotopic (exact) mass is 307 g/mol. The molecular formula is C16H21NO3S. The van der Waals surface area contributed by atoms with Gasteiger partial charge in [-0.25, -0.2) is 4.79 Å². The quantitative estimate of drug-likeness (QED) is 0.865. The molecule has 2 saturated carbocycles. The summed E-state index contributed by atoms with van der Waals surface area (Å²) in [4.78, 5) is 25.4. The SMILES string of the molecule is CCOC(=O)c1cc(C)sc1NC(=O)C1C2CCCCC21. The number of fused-ring (bicyclic) bond motifs is 1. The molecule has 2 atom stereocenters. The fraction of sp³-hybridized carbons (Fsp3) is 0.625. The summed E-state index contributed by atoms with van der Waals surface area (Å²) in [5, 5.41) is 3.61. The summed E-state index contributed by atoms with van der Waals surface area (Å²) in [6.07, 6.45) is 4.85. The summed E-state index contributed by atoms with van der Waals surface area (Å²) in [6, 6.07) is 1.79. The van der Waals surface area contributed by atoms with Crippen LogP contribution in [0.25, 0.3) is 0 Å². The molecule has 1 aromatic rings. The van der Waals surface area contributed by atoms with Crippen LogP contribution in [0.1, 0.15) is 47.8 Å². The lowest BCUT2D eigenvalue weighted by Gasteiger charge is -2.05. The van der Waals surface area contributed by atoms with Crippen molar-refractivity contribution in [2.24, 2.45) is 17.8 Å². The molecule has 2 unspecified atom stereocenters. The Bertz CT molecular complexity index is 554. The van der Waals surface area contributed by atoms with Crippen molar-refractivity contribution in [2.75, 3.05) is 11.9 Å². The van der Waals surface area contributed by atoms with Crippen molar-refractivity contribution >= 4 is 28.2 Å². The normalized spacial score (nSPS) is 26.9. The zero-order valence-corrected chi connectivity index (χ0v) is 13.3. The van der Waals surface area contributed by atoms with E-state index in [4.69, 9.17) is 4.74 Å². The van der Waals surface area contributed by atoms with Gasteiger partial charge in [0, 0.05) is 10.8 Å². The van der Waals surface area contributed by atoms with E-state index in [9.17, 15) is 9.59 Å². The number of nitrogens with one attached hydrogen (secondary N) is 1. The van der Waals surface area contributed by atoms with Crippen molar-refractivity contribution in [1.29, 1.82) is 0 Å². The fourth-order valence-electron chi connectivity index (χ4n) is 3.54. The predicted molar refractivity (Wildman–Crippen MR) is 82.6 cm³/mol. The van der Waals surface area contributed by atoms with E-state index in [1.165, 1.54) is 37.0 Å². The third kappa shape index (κ3) is 2.84. The van der Waals surface area contributed by atoms with Crippen molar-refractivity contribution in [3.63, 3.8) is 0 Å². The molecule has 4 nitrogen and oxygen atoms in total. The highest BCUT2D eigenvalue weighted by atomic mass is 32.1. The molecule has 1 aromatic heterocycles. The zero-order chi connectivity index (χ0) is 15.0. The van der Waals surface area contributed by atoms with Gasteiger partial charge in [-0.3, -0.25) is 4.79 Å². The van der Waals surface area contributed by atoms with Crippen LogP contribution < -0.4 is 5.32 Å². The van der Waals surface area contributed by atoms with Crippen molar-refractivity contribution in [3.8, 4) is 0 Å². The number of esters is 1. The minimum absolute atomic E-state index is 0.0827. The largest absolute Gasteiger partial charge is 0.462 e. The number of carbonyl (C=O) groups is 2. The van der Waals surface area contributed by atoms with Crippen molar-refractivity contribution < 1.29 is 14.3 Å². The second-order valence-electron chi connectivity index (χ2n) is 5.95. The highest BCUT2D eigenvalue weighted by Gasteiger charge is 2.54. The van der Waals surface area contributed by atoms with E-state index in [1.807, 2.05) is 6.92 Å². The highest BCUT2D eigenvalue weighted by molar-refractivity contribution is 7.16. The average Bonchev–Trinajstić information content (AvgIpc) is 3.08. The standard InChI is InChI=1S/C16H21NO3S/c1-3-20-16(19)12-8-9(2)21-15(12)17-14(18)13-10-6-4-5-7-11(10)13/h8,10-11,13H,3-7H2,1-2H3,(H,17,18). The average molecular weight is 307 g/mol. The highest BCUT2D eigenvalue weighted by Crippen LogP contribution is 2.55. The smallest absolute Gasteiger partial charge is 0.341 e. The van der Waals surface area contributed by atoms with Gasteiger partial charge in [-0.15, -0.1) is 11.3 Å². The number of ether oxygens (including phenoxy) is 1. The maximum absolute atomic E-state index is 12.4. The van der Waals surface area contributed by atoms with E-state index in [2.05, 4.69) is 5.32 Å². The Morgan fingerprint density at radius 2 is 2.00 bits per heavy atom. The second-order valence-corrected chi connectivity index (χ2v) is 7.20. The molecule has 0 aromatic carbocycles. The number of carbonyl (C=O) groups excluding carboxylic acids is 2. The van der Waals surface area contributed by atoms with Crippen molar-refractivity contribution in [1.82, 2.24) is 0 Å². The van der Waals surface area contributed by atoms with E-state index >= 15 is 0 Å². The van der Waals surface area contributed by atoms with Gasteiger partial charge in [0.05, 0.1) is 12.2 Å². The third-order valence-corrected chi connectivity index (χ3v) is 5.51. The van der Waals surface area contributed by atoms with Gasteiger partial charge in [0.2, 0.25) is 5.91 Å². The Labute approximate surface area is 128 Å². The molecule has 0 radical (unpaired) electrons. The van der Waals surface area contributed by atoms with Crippen molar-refractivity contribution in [2.45, 2.75) is 39.5 Å². The number of thiophene rings is 1. The predicted octanol–water partition coefficient (Wildman–Crippen LogP) is 3.61. The maximum atomic E-state index is 12.4. The molecule has 5 heteroatoms. The summed E-state index contributed by atoms with van der Waals surface area (Å²) < 4.78 is 5.05. The van der Waals surface area contributed by atoms with E-state index in [1.54, 1.807) is 13.0 Å². The van der Waals surface area contributed by atoms with Crippen molar-refractivity contribution in [3.05, 3.63) is 16.5 Å². The summed E-state index contributed by atoms with van der Waals surface area (Å²) in [7, 11) is 0. The first-order valence-corrected chi connectivity index (χ1v) is 8.52. The minimum atomic E-state index is -0.356. The van der Waals surface area contributed by atoms with Gasteiger partial charge < -0.3 is 10.1 Å². The van der Waals surface area contributed by atoms with Crippen LogP contribution in [0.15, 0.2) is 6.07 Å². The van der Waals surface area contributed by atoms with Gasteiger partial charge in [0.15, 0.2) is 0 Å². The van der Waals surface area contributed by atoms with Crippen LogP contribution in [0, 0.1) is 24.7 Å². The van der Waals surface area contributed by atoms with Gasteiger partial charge in [-0.1, -0.05) is 12.8 Å². The van der Waals surface area contributed by atoms with E-state index < -0.39 is 0 Å². The Morgan fingerprint density at radius 1 is 1.33 bits per heavy atom. The van der Waals surface area contributed by atoms with E-state index in [0.29, 0.717) is 29.0 Å². The van der Waals surface area contributed by atoms with E-state index in [0.717, 1.165) is 4.88 Å². The Balaban J connectivity index is 1.70. The second kappa shape index (κ2) is 5.79. The van der Waals surface area contributed by atoms with Crippen LogP contribution in [0.2, 0.25) is 0 Å². The molecule has 2 aliphatic rings. The molecule has 1 N–H and O–H groups in total. The van der Waals surface area contributed by atoms with Crippen LogP contribution in [0.3, 0.4) is 0 Å². The summed E-state index contributed by atoms with van der Waals surface area (Å²) in [5.74, 6) is 1.03. The van der Waals surface area contributed by atoms with Crippen LogP contribution in [0.4, 0.5) is 5.00 Å². The lowest BCUT2D eigenvalue weighted by Crippen LogP contribution is -2.17. The number of aryl methyl sites for hydroxylation is 1. The number of amides is 1. The number of hydrogen-bond donors (Lipinski definition) is 1. The first-order chi connectivity index (χ1) is 10.1. The lowest BCUT2D eigenvalue weighted by molar-refractivity contribution is -0.117. The Morgan fingerprint density at radius 3 is 2.62 bits per heavy atom.